The van der Waals surface area contributed by atoms with E-state index in [-0.39, 0.29) is 5.33 Å². The number of Topliss-reactive ketones (excluding diaryl/α,β-unsaturated/α-hetero) is 2. The van der Waals surface area contributed by atoms with Crippen molar-refractivity contribution in [2.45, 2.75) is 24.4 Å². The zero-order chi connectivity index (χ0) is 12.9. The fraction of sp³-hybridized carbons (Fsp3) is 0.750. The minimum absolute atomic E-state index is 0.325. The van der Waals surface area contributed by atoms with Gasteiger partial charge in [-0.25, -0.2) is 0 Å². The highest BCUT2D eigenvalue weighted by Crippen LogP contribution is 2.07. The van der Waals surface area contributed by atoms with Crippen LogP contribution in [0.5, 0.6) is 0 Å². The standard InChI is InChI=1S/C8H13BrO7/c9-1-3(11)5(13)7(15)8(16)6(14)4(12)2-10/h4,6-8,10,12,14-16H,1-2H2/t4-,6-,7-,8+/m1/s1. The highest BCUT2D eigenvalue weighted by Gasteiger charge is 2.36. The molecule has 0 aliphatic heterocycles. The Bertz CT molecular complexity index is 257. The SMILES string of the molecule is O=C(CBr)C(=O)[C@@H](O)[C@@H](O)[C@H](O)[C@H](O)CO. The van der Waals surface area contributed by atoms with Crippen molar-refractivity contribution in [1.82, 2.24) is 0 Å². The Morgan fingerprint density at radius 2 is 1.56 bits per heavy atom. The quantitative estimate of drug-likeness (QED) is 0.249. The summed E-state index contributed by atoms with van der Waals surface area (Å²) in [7, 11) is 0. The van der Waals surface area contributed by atoms with Gasteiger partial charge in [0.1, 0.15) is 24.4 Å². The number of hydrogen-bond donors (Lipinski definition) is 5. The summed E-state index contributed by atoms with van der Waals surface area (Å²) in [6, 6.07) is 0. The molecule has 0 saturated heterocycles. The molecule has 16 heavy (non-hydrogen) atoms. The monoisotopic (exact) mass is 300 g/mol. The van der Waals surface area contributed by atoms with Crippen LogP contribution in [-0.4, -0.2) is 73.5 Å². The molecule has 0 bridgehead atoms. The van der Waals surface area contributed by atoms with E-state index in [9.17, 15) is 19.8 Å². The number of hydrogen-bond acceptors (Lipinski definition) is 7. The lowest BCUT2D eigenvalue weighted by Crippen LogP contribution is -2.50. The van der Waals surface area contributed by atoms with Crippen LogP contribution in [0, 0.1) is 0 Å². The molecular weight excluding hydrogens is 288 g/mol. The van der Waals surface area contributed by atoms with E-state index in [0.717, 1.165) is 0 Å². The number of aliphatic hydroxyl groups excluding tert-OH is 5. The second-order valence-electron chi connectivity index (χ2n) is 3.10. The number of halogens is 1. The summed E-state index contributed by atoms with van der Waals surface area (Å²) in [5.41, 5.74) is 0. The largest absolute Gasteiger partial charge is 0.394 e. The van der Waals surface area contributed by atoms with Crippen LogP contribution in [0.15, 0.2) is 0 Å². The van der Waals surface area contributed by atoms with Crippen LogP contribution in [0.2, 0.25) is 0 Å². The third-order valence-electron chi connectivity index (χ3n) is 1.92. The summed E-state index contributed by atoms with van der Waals surface area (Å²) in [4.78, 5) is 21.9. The molecule has 0 heterocycles. The van der Waals surface area contributed by atoms with Crippen molar-refractivity contribution in [2.24, 2.45) is 0 Å². The average Bonchev–Trinajstić information content (AvgIpc) is 2.32. The van der Waals surface area contributed by atoms with Gasteiger partial charge in [-0.2, -0.15) is 0 Å². The molecule has 0 saturated carbocycles. The lowest BCUT2D eigenvalue weighted by Gasteiger charge is -2.24. The van der Waals surface area contributed by atoms with E-state index in [1.165, 1.54) is 0 Å². The fourth-order valence-corrected chi connectivity index (χ4v) is 1.18. The van der Waals surface area contributed by atoms with E-state index in [2.05, 4.69) is 15.9 Å². The molecule has 0 spiro atoms. The van der Waals surface area contributed by atoms with Gasteiger partial charge in [-0.15, -0.1) is 0 Å². The first kappa shape index (κ1) is 15.6. The van der Waals surface area contributed by atoms with E-state index in [1.807, 2.05) is 0 Å². The topological polar surface area (TPSA) is 135 Å². The predicted octanol–water partition coefficient (Wildman–Crippen LogP) is -3.04. The number of ketones is 2. The van der Waals surface area contributed by atoms with Crippen LogP contribution >= 0.6 is 15.9 Å². The van der Waals surface area contributed by atoms with Gasteiger partial charge in [-0.1, -0.05) is 15.9 Å². The fourth-order valence-electron chi connectivity index (χ4n) is 0.908. The Balaban J connectivity index is 4.54. The molecule has 0 aromatic heterocycles. The molecule has 0 unspecified atom stereocenters. The molecule has 0 aliphatic rings. The van der Waals surface area contributed by atoms with Crippen molar-refractivity contribution < 1.29 is 35.1 Å². The van der Waals surface area contributed by atoms with Crippen LogP contribution in [-0.2, 0) is 9.59 Å². The van der Waals surface area contributed by atoms with Crippen molar-refractivity contribution in [2.75, 3.05) is 11.9 Å². The molecular formula is C8H13BrO7. The van der Waals surface area contributed by atoms with Gasteiger partial charge in [-0.3, -0.25) is 9.59 Å². The zero-order valence-corrected chi connectivity index (χ0v) is 9.74. The first-order valence-electron chi connectivity index (χ1n) is 4.33. The second-order valence-corrected chi connectivity index (χ2v) is 3.66. The summed E-state index contributed by atoms with van der Waals surface area (Å²) in [5, 5.41) is 44.7. The minimum atomic E-state index is -2.14. The van der Waals surface area contributed by atoms with E-state index in [1.54, 1.807) is 0 Å². The second kappa shape index (κ2) is 7.05. The van der Waals surface area contributed by atoms with Crippen LogP contribution in [0.1, 0.15) is 0 Å². The van der Waals surface area contributed by atoms with E-state index in [0.29, 0.717) is 0 Å². The van der Waals surface area contributed by atoms with E-state index >= 15 is 0 Å². The molecule has 94 valence electrons. The predicted molar refractivity (Wildman–Crippen MR) is 54.9 cm³/mol. The van der Waals surface area contributed by atoms with Gasteiger partial charge in [0, 0.05) is 0 Å². The van der Waals surface area contributed by atoms with Gasteiger partial charge in [0.2, 0.25) is 11.6 Å². The smallest absolute Gasteiger partial charge is 0.230 e. The maximum Gasteiger partial charge on any atom is 0.230 e. The molecule has 0 amide bonds. The Morgan fingerprint density at radius 1 is 1.06 bits per heavy atom. The van der Waals surface area contributed by atoms with Gasteiger partial charge in [-0.05, 0) is 0 Å². The molecule has 7 nitrogen and oxygen atoms in total. The van der Waals surface area contributed by atoms with Gasteiger partial charge >= 0.3 is 0 Å². The third kappa shape index (κ3) is 3.89. The molecule has 0 aromatic carbocycles. The summed E-state index contributed by atoms with van der Waals surface area (Å²) in [6.45, 7) is -0.856. The van der Waals surface area contributed by atoms with Crippen LogP contribution < -0.4 is 0 Å². The molecule has 0 rings (SSSR count). The Labute approximate surface area is 99.5 Å². The lowest BCUT2D eigenvalue weighted by molar-refractivity contribution is -0.153. The maximum atomic E-state index is 11.1. The highest BCUT2D eigenvalue weighted by molar-refractivity contribution is 9.09. The van der Waals surface area contributed by atoms with Crippen molar-refractivity contribution >= 4 is 27.5 Å². The van der Waals surface area contributed by atoms with Crippen molar-refractivity contribution in [3.05, 3.63) is 0 Å². The Hall–Kier alpha value is -0.380. The maximum absolute atomic E-state index is 11.1. The number of carbonyl (C=O) groups is 2. The van der Waals surface area contributed by atoms with Crippen molar-refractivity contribution in [1.29, 1.82) is 0 Å². The number of carbonyl (C=O) groups excluding carboxylic acids is 2. The zero-order valence-electron chi connectivity index (χ0n) is 8.15. The van der Waals surface area contributed by atoms with Crippen molar-refractivity contribution in [3.8, 4) is 0 Å². The number of rotatable bonds is 7. The van der Waals surface area contributed by atoms with Gasteiger partial charge in [0.25, 0.3) is 0 Å². The Morgan fingerprint density at radius 3 is 1.94 bits per heavy atom. The minimum Gasteiger partial charge on any atom is -0.394 e. The van der Waals surface area contributed by atoms with Gasteiger partial charge < -0.3 is 25.5 Å². The normalized spacial score (nSPS) is 18.6. The van der Waals surface area contributed by atoms with Gasteiger partial charge in [0.15, 0.2) is 0 Å². The molecule has 8 heteroatoms. The van der Waals surface area contributed by atoms with Crippen LogP contribution in [0.3, 0.4) is 0 Å². The van der Waals surface area contributed by atoms with Crippen LogP contribution in [0.25, 0.3) is 0 Å². The van der Waals surface area contributed by atoms with Crippen LogP contribution in [0.4, 0.5) is 0 Å². The molecule has 0 aliphatic carbocycles. The summed E-state index contributed by atoms with van der Waals surface area (Å²) < 4.78 is 0. The first-order chi connectivity index (χ1) is 7.36. The third-order valence-corrected chi connectivity index (χ3v) is 2.43. The van der Waals surface area contributed by atoms with E-state index in [4.69, 9.17) is 15.3 Å². The number of aliphatic hydroxyl groups is 5. The highest BCUT2D eigenvalue weighted by atomic mass is 79.9. The summed E-state index contributed by atoms with van der Waals surface area (Å²) in [5.74, 6) is -2.26. The lowest BCUT2D eigenvalue weighted by atomic mass is 9.99. The van der Waals surface area contributed by atoms with Crippen molar-refractivity contribution in [3.63, 3.8) is 0 Å². The van der Waals surface area contributed by atoms with E-state index < -0.39 is 42.6 Å². The first-order valence-corrected chi connectivity index (χ1v) is 5.45. The summed E-state index contributed by atoms with van der Waals surface area (Å²) >= 11 is 2.70. The molecule has 0 aromatic rings. The molecule has 5 N–H and O–H groups in total. The molecule has 4 atom stereocenters. The molecule has 0 fully saturated rings. The molecule has 0 radical (unpaired) electrons. The average molecular weight is 301 g/mol. The Kier molecular flexibility index (Phi) is 6.88. The number of alkyl halides is 1. The van der Waals surface area contributed by atoms with Gasteiger partial charge in [0.05, 0.1) is 11.9 Å². The summed E-state index contributed by atoms with van der Waals surface area (Å²) in [6.07, 6.45) is -7.82.